The van der Waals surface area contributed by atoms with E-state index >= 15 is 0 Å². The number of hydrogen-bond donors (Lipinski definition) is 1. The van der Waals surface area contributed by atoms with Gasteiger partial charge in [0.15, 0.2) is 11.4 Å². The monoisotopic (exact) mass is 313 g/mol. The topological polar surface area (TPSA) is 47.6 Å². The molecule has 1 aliphatic rings. The molecule has 0 saturated carbocycles. The predicted molar refractivity (Wildman–Crippen MR) is 73.3 cm³/mol. The number of benzene rings is 1. The number of carbonyl (C=O) groups is 1. The second kappa shape index (κ2) is 4.80. The lowest BCUT2D eigenvalue weighted by atomic mass is 9.94. The van der Waals surface area contributed by atoms with Gasteiger partial charge in [-0.1, -0.05) is 13.8 Å². The number of rotatable bonds is 3. The summed E-state index contributed by atoms with van der Waals surface area (Å²) >= 11 is 3.45. The van der Waals surface area contributed by atoms with Crippen molar-refractivity contribution < 1.29 is 14.3 Å². The second-order valence-corrected chi connectivity index (χ2v) is 5.10. The van der Waals surface area contributed by atoms with Crippen LogP contribution in [-0.2, 0) is 4.79 Å². The Morgan fingerprint density at radius 2 is 2.06 bits per heavy atom. The average molecular weight is 314 g/mol. The Morgan fingerprint density at radius 1 is 1.39 bits per heavy atom. The molecule has 1 aromatic rings. The van der Waals surface area contributed by atoms with E-state index in [0.717, 1.165) is 4.47 Å². The van der Waals surface area contributed by atoms with Crippen molar-refractivity contribution in [2.75, 3.05) is 12.4 Å². The summed E-state index contributed by atoms with van der Waals surface area (Å²) in [6.07, 6.45) is 1.26. The van der Waals surface area contributed by atoms with Gasteiger partial charge in [-0.3, -0.25) is 4.79 Å². The van der Waals surface area contributed by atoms with Gasteiger partial charge in [-0.05, 0) is 34.8 Å². The first-order valence-electron chi connectivity index (χ1n) is 5.94. The first-order valence-corrected chi connectivity index (χ1v) is 6.73. The number of nitrogens with one attached hydrogen (secondary N) is 1. The highest BCUT2D eigenvalue weighted by atomic mass is 79.9. The standard InChI is InChI=1S/C13H16BrNO3/c1-4-13(5-2)12(16)15-10-7-8(17-3)6-9(14)11(10)18-13/h6-7H,4-5H2,1-3H3,(H,15,16). The molecule has 0 radical (unpaired) electrons. The van der Waals surface area contributed by atoms with E-state index in [9.17, 15) is 4.79 Å². The van der Waals surface area contributed by atoms with Crippen LogP contribution in [0, 0.1) is 0 Å². The molecule has 0 fully saturated rings. The quantitative estimate of drug-likeness (QED) is 0.931. The lowest BCUT2D eigenvalue weighted by molar-refractivity contribution is -0.133. The lowest BCUT2D eigenvalue weighted by Gasteiger charge is -2.36. The van der Waals surface area contributed by atoms with Gasteiger partial charge in [0, 0.05) is 6.07 Å². The van der Waals surface area contributed by atoms with Crippen molar-refractivity contribution in [2.24, 2.45) is 0 Å². The van der Waals surface area contributed by atoms with Gasteiger partial charge in [-0.25, -0.2) is 0 Å². The maximum Gasteiger partial charge on any atom is 0.268 e. The Kier molecular flexibility index (Phi) is 3.52. The normalized spacial score (nSPS) is 16.6. The molecule has 1 aliphatic heterocycles. The van der Waals surface area contributed by atoms with Crippen LogP contribution in [0.25, 0.3) is 0 Å². The van der Waals surface area contributed by atoms with Crippen LogP contribution in [0.2, 0.25) is 0 Å². The summed E-state index contributed by atoms with van der Waals surface area (Å²) in [6, 6.07) is 3.58. The summed E-state index contributed by atoms with van der Waals surface area (Å²) in [5.74, 6) is 1.24. The summed E-state index contributed by atoms with van der Waals surface area (Å²) in [4.78, 5) is 12.2. The molecule has 0 saturated heterocycles. The molecule has 4 nitrogen and oxygen atoms in total. The Morgan fingerprint density at radius 3 is 2.61 bits per heavy atom. The molecule has 98 valence electrons. The minimum absolute atomic E-state index is 0.0971. The van der Waals surface area contributed by atoms with Crippen LogP contribution < -0.4 is 14.8 Å². The zero-order valence-electron chi connectivity index (χ0n) is 10.7. The summed E-state index contributed by atoms with van der Waals surface area (Å²) < 4.78 is 11.9. The third-order valence-corrected chi connectivity index (χ3v) is 3.94. The third-order valence-electron chi connectivity index (χ3n) is 3.35. The molecule has 1 N–H and O–H groups in total. The van der Waals surface area contributed by atoms with Crippen LogP contribution in [0.15, 0.2) is 16.6 Å². The Hall–Kier alpha value is -1.23. The van der Waals surface area contributed by atoms with E-state index in [1.165, 1.54) is 0 Å². The molecular formula is C13H16BrNO3. The lowest BCUT2D eigenvalue weighted by Crippen LogP contribution is -2.50. The van der Waals surface area contributed by atoms with E-state index in [4.69, 9.17) is 9.47 Å². The fraction of sp³-hybridized carbons (Fsp3) is 0.462. The third kappa shape index (κ3) is 1.96. The fourth-order valence-corrected chi connectivity index (χ4v) is 2.60. The number of carbonyl (C=O) groups excluding carboxylic acids is 1. The van der Waals surface area contributed by atoms with Crippen molar-refractivity contribution in [1.82, 2.24) is 0 Å². The van der Waals surface area contributed by atoms with Crippen molar-refractivity contribution in [2.45, 2.75) is 32.3 Å². The predicted octanol–water partition coefficient (Wildman–Crippen LogP) is 3.35. The first-order chi connectivity index (χ1) is 8.56. The molecule has 0 spiro atoms. The van der Waals surface area contributed by atoms with E-state index in [0.29, 0.717) is 30.0 Å². The Labute approximate surface area is 115 Å². The number of ether oxygens (including phenoxy) is 2. The number of fused-ring (bicyclic) bond motifs is 1. The van der Waals surface area contributed by atoms with E-state index in [-0.39, 0.29) is 5.91 Å². The number of amides is 1. The van der Waals surface area contributed by atoms with Crippen LogP contribution in [-0.4, -0.2) is 18.6 Å². The van der Waals surface area contributed by atoms with Gasteiger partial charge in [-0.2, -0.15) is 0 Å². The van der Waals surface area contributed by atoms with Gasteiger partial charge in [0.05, 0.1) is 17.3 Å². The van der Waals surface area contributed by atoms with Crippen LogP contribution in [0.5, 0.6) is 11.5 Å². The van der Waals surface area contributed by atoms with Gasteiger partial charge in [0.25, 0.3) is 5.91 Å². The highest BCUT2D eigenvalue weighted by molar-refractivity contribution is 9.10. The van der Waals surface area contributed by atoms with Gasteiger partial charge >= 0.3 is 0 Å². The molecule has 1 aromatic carbocycles. The molecule has 0 aliphatic carbocycles. The summed E-state index contributed by atoms with van der Waals surface area (Å²) in [7, 11) is 1.59. The Balaban J connectivity index is 2.49. The van der Waals surface area contributed by atoms with Crippen LogP contribution >= 0.6 is 15.9 Å². The zero-order chi connectivity index (χ0) is 13.3. The number of methoxy groups -OCH3 is 1. The van der Waals surface area contributed by atoms with E-state index < -0.39 is 5.60 Å². The van der Waals surface area contributed by atoms with Crippen molar-refractivity contribution in [1.29, 1.82) is 0 Å². The van der Waals surface area contributed by atoms with Gasteiger partial charge in [0.2, 0.25) is 0 Å². The minimum atomic E-state index is -0.774. The van der Waals surface area contributed by atoms with E-state index in [2.05, 4.69) is 21.2 Å². The molecule has 0 aromatic heterocycles. The van der Waals surface area contributed by atoms with E-state index in [1.54, 1.807) is 13.2 Å². The second-order valence-electron chi connectivity index (χ2n) is 4.24. The number of halogens is 1. The molecule has 18 heavy (non-hydrogen) atoms. The zero-order valence-corrected chi connectivity index (χ0v) is 12.3. The first kappa shape index (κ1) is 13.2. The van der Waals surface area contributed by atoms with Crippen LogP contribution in [0.4, 0.5) is 5.69 Å². The highest BCUT2D eigenvalue weighted by Gasteiger charge is 2.42. The molecule has 1 heterocycles. The molecular weight excluding hydrogens is 298 g/mol. The molecule has 5 heteroatoms. The molecule has 0 atom stereocenters. The maximum atomic E-state index is 12.2. The maximum absolute atomic E-state index is 12.2. The van der Waals surface area contributed by atoms with Gasteiger partial charge in [0.1, 0.15) is 5.75 Å². The van der Waals surface area contributed by atoms with Crippen molar-refractivity contribution in [3.05, 3.63) is 16.6 Å². The Bertz CT molecular complexity index is 483. The van der Waals surface area contributed by atoms with Gasteiger partial charge in [-0.15, -0.1) is 0 Å². The molecule has 0 unspecified atom stereocenters. The molecule has 2 rings (SSSR count). The van der Waals surface area contributed by atoms with Crippen molar-refractivity contribution >= 4 is 27.5 Å². The molecule has 0 bridgehead atoms. The minimum Gasteiger partial charge on any atom is -0.497 e. The van der Waals surface area contributed by atoms with Crippen molar-refractivity contribution in [3.63, 3.8) is 0 Å². The summed E-state index contributed by atoms with van der Waals surface area (Å²) in [5, 5.41) is 2.89. The smallest absolute Gasteiger partial charge is 0.268 e. The largest absolute Gasteiger partial charge is 0.497 e. The van der Waals surface area contributed by atoms with Crippen molar-refractivity contribution in [3.8, 4) is 11.5 Å². The average Bonchev–Trinajstić information content (AvgIpc) is 2.38. The SMILES string of the molecule is CCC1(CC)Oc2c(Br)cc(OC)cc2NC1=O. The summed E-state index contributed by atoms with van der Waals surface area (Å²) in [6.45, 7) is 3.90. The number of hydrogen-bond acceptors (Lipinski definition) is 3. The summed E-state index contributed by atoms with van der Waals surface area (Å²) in [5.41, 5.74) is -0.131. The van der Waals surface area contributed by atoms with Crippen LogP contribution in [0.1, 0.15) is 26.7 Å². The van der Waals surface area contributed by atoms with Gasteiger partial charge < -0.3 is 14.8 Å². The molecule has 1 amide bonds. The highest BCUT2D eigenvalue weighted by Crippen LogP contribution is 2.44. The number of anilines is 1. The van der Waals surface area contributed by atoms with Crippen LogP contribution in [0.3, 0.4) is 0 Å². The fourth-order valence-electron chi connectivity index (χ4n) is 2.08. The van der Waals surface area contributed by atoms with E-state index in [1.807, 2.05) is 19.9 Å².